The number of aromatic nitrogens is 2. The Morgan fingerprint density at radius 3 is 2.79 bits per heavy atom. The molecule has 0 fully saturated rings. The van der Waals surface area contributed by atoms with Crippen molar-refractivity contribution >= 4 is 39.8 Å². The van der Waals surface area contributed by atoms with Gasteiger partial charge in [0.05, 0.1) is 23.7 Å². The van der Waals surface area contributed by atoms with Gasteiger partial charge in [-0.3, -0.25) is 0 Å². The third-order valence-electron chi connectivity index (χ3n) is 3.62. The van der Waals surface area contributed by atoms with E-state index in [1.54, 1.807) is 0 Å². The fourth-order valence-electron chi connectivity index (χ4n) is 2.70. The third-order valence-corrected chi connectivity index (χ3v) is 4.69. The minimum absolute atomic E-state index is 0. The number of fused-ring (bicyclic) bond motifs is 1. The minimum Gasteiger partial charge on any atom is -0.543 e. The second kappa shape index (κ2) is 8.02. The van der Waals surface area contributed by atoms with Crippen LogP contribution < -0.4 is 34.7 Å². The van der Waals surface area contributed by atoms with Crippen LogP contribution in [-0.4, -0.2) is 15.5 Å². The van der Waals surface area contributed by atoms with Crippen molar-refractivity contribution in [3.8, 4) is 0 Å². The van der Waals surface area contributed by atoms with Crippen molar-refractivity contribution in [2.24, 2.45) is 5.92 Å². The standard InChI is InChI=1S/C17H17ClN2O2S.Na/c1-10(2)5-11-7-20(15-6-12(18)3-4-13(11)15)8-16-19-14(9-23-16)17(21)22;/h3-4,6-7,9-10H,5,8H2,1-2H3,(H,21,22);/q;+1/p-1. The van der Waals surface area contributed by atoms with Gasteiger partial charge in [-0.1, -0.05) is 31.5 Å². The summed E-state index contributed by atoms with van der Waals surface area (Å²) in [6.45, 7) is 4.89. The fraction of sp³-hybridized carbons (Fsp3) is 0.294. The summed E-state index contributed by atoms with van der Waals surface area (Å²) in [5.74, 6) is -0.692. The Hall–Kier alpha value is -0.850. The quantitative estimate of drug-likeness (QED) is 0.610. The van der Waals surface area contributed by atoms with Gasteiger partial charge in [-0.2, -0.15) is 0 Å². The molecule has 0 saturated carbocycles. The fourth-order valence-corrected chi connectivity index (χ4v) is 3.63. The SMILES string of the molecule is CC(C)Cc1cn(Cc2nc(C(=O)[O-])cs2)c2cc(Cl)ccc12.[Na+]. The number of carbonyl (C=O) groups excluding carboxylic acids is 1. The zero-order valence-electron chi connectivity index (χ0n) is 13.9. The smallest absolute Gasteiger partial charge is 0.543 e. The number of halogens is 1. The Morgan fingerprint density at radius 2 is 2.17 bits per heavy atom. The number of nitrogens with zero attached hydrogens (tertiary/aromatic N) is 2. The van der Waals surface area contributed by atoms with E-state index in [-0.39, 0.29) is 35.3 Å². The van der Waals surface area contributed by atoms with Crippen LogP contribution in [0.25, 0.3) is 10.9 Å². The molecule has 3 aromatic rings. The first kappa shape index (κ1) is 19.5. The monoisotopic (exact) mass is 370 g/mol. The zero-order chi connectivity index (χ0) is 16.6. The van der Waals surface area contributed by atoms with E-state index in [2.05, 4.69) is 29.6 Å². The first-order valence-corrected chi connectivity index (χ1v) is 8.63. The van der Waals surface area contributed by atoms with Gasteiger partial charge >= 0.3 is 29.6 Å². The summed E-state index contributed by atoms with van der Waals surface area (Å²) in [7, 11) is 0. The maximum absolute atomic E-state index is 10.9. The number of hydrogen-bond donors (Lipinski definition) is 0. The maximum atomic E-state index is 10.9. The van der Waals surface area contributed by atoms with E-state index in [0.29, 0.717) is 17.5 Å². The van der Waals surface area contributed by atoms with Gasteiger partial charge in [-0.05, 0) is 30.0 Å². The van der Waals surface area contributed by atoms with Crippen molar-refractivity contribution in [2.45, 2.75) is 26.8 Å². The van der Waals surface area contributed by atoms with E-state index in [1.807, 2.05) is 18.2 Å². The molecular formula is C17H16ClN2NaO2S. The number of carboxylic acid groups (broad SMARTS) is 1. The number of thiazole rings is 1. The zero-order valence-corrected chi connectivity index (χ0v) is 17.4. The first-order chi connectivity index (χ1) is 10.9. The van der Waals surface area contributed by atoms with Crippen molar-refractivity contribution in [2.75, 3.05) is 0 Å². The van der Waals surface area contributed by atoms with Crippen LogP contribution in [0.15, 0.2) is 29.8 Å². The van der Waals surface area contributed by atoms with E-state index in [1.165, 1.54) is 27.7 Å². The average Bonchev–Trinajstić information content (AvgIpc) is 3.05. The van der Waals surface area contributed by atoms with Crippen LogP contribution in [0.3, 0.4) is 0 Å². The summed E-state index contributed by atoms with van der Waals surface area (Å²) < 4.78 is 2.08. The van der Waals surface area contributed by atoms with Crippen LogP contribution in [-0.2, 0) is 13.0 Å². The van der Waals surface area contributed by atoms with Crippen molar-refractivity contribution < 1.29 is 39.5 Å². The Morgan fingerprint density at radius 1 is 1.42 bits per heavy atom. The molecule has 0 spiro atoms. The molecule has 0 amide bonds. The molecular weight excluding hydrogens is 355 g/mol. The topological polar surface area (TPSA) is 58.0 Å². The van der Waals surface area contributed by atoms with E-state index in [4.69, 9.17) is 11.6 Å². The van der Waals surface area contributed by atoms with Crippen LogP contribution in [0.1, 0.15) is 34.9 Å². The molecule has 120 valence electrons. The molecule has 7 heteroatoms. The molecule has 2 heterocycles. The number of carbonyl (C=O) groups is 1. The summed E-state index contributed by atoms with van der Waals surface area (Å²) in [6.07, 6.45) is 3.09. The number of carboxylic acids is 1. The normalized spacial score (nSPS) is 11.0. The molecule has 0 aliphatic heterocycles. The molecule has 0 N–H and O–H groups in total. The third kappa shape index (κ3) is 4.21. The van der Waals surface area contributed by atoms with E-state index < -0.39 is 5.97 Å². The van der Waals surface area contributed by atoms with Crippen molar-refractivity contribution in [3.05, 3.63) is 51.1 Å². The predicted octanol–water partition coefficient (Wildman–Crippen LogP) is 0.365. The Bertz CT molecular complexity index is 873. The molecule has 1 aromatic carbocycles. The summed E-state index contributed by atoms with van der Waals surface area (Å²) in [5, 5.41) is 15.0. The van der Waals surface area contributed by atoms with Gasteiger partial charge in [-0.15, -0.1) is 11.3 Å². The van der Waals surface area contributed by atoms with Gasteiger partial charge in [0.2, 0.25) is 0 Å². The Labute approximate surface area is 171 Å². The van der Waals surface area contributed by atoms with Crippen molar-refractivity contribution in [1.29, 1.82) is 0 Å². The second-order valence-corrected chi connectivity index (χ2v) is 7.33. The molecule has 0 saturated heterocycles. The van der Waals surface area contributed by atoms with Gasteiger partial charge < -0.3 is 14.5 Å². The maximum Gasteiger partial charge on any atom is 1.00 e. The molecule has 24 heavy (non-hydrogen) atoms. The molecule has 0 atom stereocenters. The molecule has 0 aliphatic carbocycles. The Balaban J connectivity index is 0.00000208. The van der Waals surface area contributed by atoms with E-state index >= 15 is 0 Å². The van der Waals surface area contributed by atoms with Crippen LogP contribution in [0.5, 0.6) is 0 Å². The molecule has 0 unspecified atom stereocenters. The molecule has 3 rings (SSSR count). The van der Waals surface area contributed by atoms with Crippen molar-refractivity contribution in [1.82, 2.24) is 9.55 Å². The summed E-state index contributed by atoms with van der Waals surface area (Å²) >= 11 is 7.46. The number of benzene rings is 1. The van der Waals surface area contributed by atoms with Gasteiger partial charge in [0.1, 0.15) is 5.01 Å². The summed E-state index contributed by atoms with van der Waals surface area (Å²) in [4.78, 5) is 15.0. The second-order valence-electron chi connectivity index (χ2n) is 5.96. The van der Waals surface area contributed by atoms with E-state index in [0.717, 1.165) is 16.9 Å². The van der Waals surface area contributed by atoms with Crippen LogP contribution >= 0.6 is 22.9 Å². The molecule has 0 bridgehead atoms. The number of hydrogen-bond acceptors (Lipinski definition) is 4. The van der Waals surface area contributed by atoms with Gasteiger partial charge in [0.25, 0.3) is 0 Å². The summed E-state index contributed by atoms with van der Waals surface area (Å²) in [5.41, 5.74) is 2.29. The van der Waals surface area contributed by atoms with Gasteiger partial charge in [-0.25, -0.2) is 4.98 Å². The average molecular weight is 371 g/mol. The molecule has 2 aromatic heterocycles. The van der Waals surface area contributed by atoms with Crippen LogP contribution in [0, 0.1) is 5.92 Å². The molecule has 0 aliphatic rings. The van der Waals surface area contributed by atoms with Crippen LogP contribution in [0.2, 0.25) is 5.02 Å². The molecule has 4 nitrogen and oxygen atoms in total. The number of rotatable bonds is 5. The van der Waals surface area contributed by atoms with Crippen molar-refractivity contribution in [3.63, 3.8) is 0 Å². The number of aromatic carboxylic acids is 1. The van der Waals surface area contributed by atoms with Gasteiger partial charge in [0.15, 0.2) is 0 Å². The first-order valence-electron chi connectivity index (χ1n) is 7.37. The van der Waals surface area contributed by atoms with E-state index in [9.17, 15) is 9.90 Å². The largest absolute Gasteiger partial charge is 1.00 e. The minimum atomic E-state index is -1.24. The Kier molecular flexibility index (Phi) is 6.51. The van der Waals surface area contributed by atoms with Crippen LogP contribution in [0.4, 0.5) is 0 Å². The molecule has 0 radical (unpaired) electrons. The van der Waals surface area contributed by atoms with Gasteiger partial charge in [0, 0.05) is 22.0 Å². The summed E-state index contributed by atoms with van der Waals surface area (Å²) in [6, 6.07) is 5.88. The predicted molar refractivity (Wildman–Crippen MR) is 91.0 cm³/mol.